The summed E-state index contributed by atoms with van der Waals surface area (Å²) in [5, 5.41) is 12.7. The van der Waals surface area contributed by atoms with E-state index in [1.807, 2.05) is 4.90 Å². The third-order valence-corrected chi connectivity index (χ3v) is 3.39. The molecule has 0 saturated carbocycles. The minimum Gasteiger partial charge on any atom is -0.491 e. The van der Waals surface area contributed by atoms with E-state index >= 15 is 0 Å². The van der Waals surface area contributed by atoms with Crippen molar-refractivity contribution in [3.05, 3.63) is 29.8 Å². The summed E-state index contributed by atoms with van der Waals surface area (Å²) in [7, 11) is 0. The second kappa shape index (κ2) is 8.50. The van der Waals surface area contributed by atoms with Crippen molar-refractivity contribution >= 4 is 11.9 Å². The number of carbonyl (C=O) groups excluding carboxylic acids is 2. The number of aliphatic hydroxyl groups is 1. The highest BCUT2D eigenvalue weighted by Crippen LogP contribution is 2.13. The Hall–Kier alpha value is -2.12. The lowest BCUT2D eigenvalue weighted by Crippen LogP contribution is -2.50. The summed E-state index contributed by atoms with van der Waals surface area (Å²) in [6, 6.07) is 6.56. The van der Waals surface area contributed by atoms with Crippen LogP contribution < -0.4 is 10.1 Å². The molecule has 1 fully saturated rings. The number of amides is 1. The first-order valence-electron chi connectivity index (χ1n) is 7.65. The Labute approximate surface area is 135 Å². The van der Waals surface area contributed by atoms with Gasteiger partial charge < -0.3 is 19.9 Å². The normalized spacial score (nSPS) is 16.5. The van der Waals surface area contributed by atoms with Gasteiger partial charge in [0.2, 0.25) is 5.91 Å². The summed E-state index contributed by atoms with van der Waals surface area (Å²) >= 11 is 0. The van der Waals surface area contributed by atoms with Crippen LogP contribution in [0.1, 0.15) is 17.3 Å². The number of rotatable bonds is 7. The zero-order valence-corrected chi connectivity index (χ0v) is 13.2. The van der Waals surface area contributed by atoms with E-state index in [1.165, 1.54) is 0 Å². The fourth-order valence-electron chi connectivity index (χ4n) is 2.29. The Morgan fingerprint density at radius 2 is 2.13 bits per heavy atom. The second-order valence-electron chi connectivity index (χ2n) is 5.29. The fourth-order valence-corrected chi connectivity index (χ4v) is 2.29. The number of esters is 1. The average molecular weight is 322 g/mol. The molecular weight excluding hydrogens is 300 g/mol. The van der Waals surface area contributed by atoms with Gasteiger partial charge >= 0.3 is 5.97 Å². The van der Waals surface area contributed by atoms with Crippen LogP contribution in [-0.2, 0) is 9.53 Å². The maximum Gasteiger partial charge on any atom is 0.338 e. The van der Waals surface area contributed by atoms with Crippen LogP contribution in [0, 0.1) is 0 Å². The predicted octanol–water partition coefficient (Wildman–Crippen LogP) is 0.0348. The molecule has 1 aliphatic heterocycles. The first kappa shape index (κ1) is 17.2. The average Bonchev–Trinajstić information content (AvgIpc) is 2.54. The first-order valence-corrected chi connectivity index (χ1v) is 7.65. The number of β-amino-alcohol motifs (C(OH)–C–C–N with tert-alkyl or cyclic N) is 1. The number of piperazine rings is 1. The van der Waals surface area contributed by atoms with Crippen molar-refractivity contribution < 1.29 is 24.2 Å². The van der Waals surface area contributed by atoms with Crippen LogP contribution in [-0.4, -0.2) is 67.4 Å². The number of aliphatic hydroxyl groups excluding tert-OH is 1. The van der Waals surface area contributed by atoms with Gasteiger partial charge in [0.25, 0.3) is 0 Å². The van der Waals surface area contributed by atoms with Gasteiger partial charge in [-0.2, -0.15) is 0 Å². The fraction of sp³-hybridized carbons (Fsp3) is 0.500. The van der Waals surface area contributed by atoms with Gasteiger partial charge in [-0.15, -0.1) is 0 Å². The molecule has 2 N–H and O–H groups in total. The molecule has 0 bridgehead atoms. The molecule has 7 heteroatoms. The highest BCUT2D eigenvalue weighted by atomic mass is 16.5. The number of ether oxygens (including phenoxy) is 2. The number of carbonyl (C=O) groups is 2. The van der Waals surface area contributed by atoms with Crippen molar-refractivity contribution in [1.82, 2.24) is 10.2 Å². The van der Waals surface area contributed by atoms with Gasteiger partial charge in [0.15, 0.2) is 0 Å². The standard InChI is InChI=1S/C16H22N2O5/c1-2-22-16(21)12-3-5-14(6-4-12)23-11-13(19)9-18-8-7-17-15(20)10-18/h3-6,13,19H,2,7-11H2,1H3,(H,17,20). The van der Waals surface area contributed by atoms with E-state index < -0.39 is 6.10 Å². The molecule has 0 spiro atoms. The zero-order chi connectivity index (χ0) is 16.7. The van der Waals surface area contributed by atoms with Crippen LogP contribution in [0.4, 0.5) is 0 Å². The minimum atomic E-state index is -0.689. The Bertz CT molecular complexity index is 532. The summed E-state index contributed by atoms with van der Waals surface area (Å²) in [5.74, 6) is 0.162. The number of nitrogens with one attached hydrogen (secondary N) is 1. The number of hydrogen-bond acceptors (Lipinski definition) is 6. The van der Waals surface area contributed by atoms with Gasteiger partial charge in [0, 0.05) is 19.6 Å². The number of hydrogen-bond donors (Lipinski definition) is 2. The third kappa shape index (κ3) is 5.54. The van der Waals surface area contributed by atoms with Crippen LogP contribution >= 0.6 is 0 Å². The Balaban J connectivity index is 1.76. The SMILES string of the molecule is CCOC(=O)c1ccc(OCC(O)CN2CCNC(=O)C2)cc1. The van der Waals surface area contributed by atoms with Crippen molar-refractivity contribution in [2.75, 3.05) is 39.4 Å². The van der Waals surface area contributed by atoms with Gasteiger partial charge in [-0.1, -0.05) is 0 Å². The molecule has 1 heterocycles. The minimum absolute atomic E-state index is 0.0288. The van der Waals surface area contributed by atoms with Crippen LogP contribution in [0.15, 0.2) is 24.3 Å². The van der Waals surface area contributed by atoms with Crippen LogP contribution in [0.5, 0.6) is 5.75 Å². The van der Waals surface area contributed by atoms with Gasteiger partial charge in [0.05, 0.1) is 18.7 Å². The number of nitrogens with zero attached hydrogens (tertiary/aromatic N) is 1. The Morgan fingerprint density at radius 3 is 2.78 bits per heavy atom. The van der Waals surface area contributed by atoms with Crippen molar-refractivity contribution in [3.8, 4) is 5.75 Å². The zero-order valence-electron chi connectivity index (χ0n) is 13.2. The van der Waals surface area contributed by atoms with Crippen molar-refractivity contribution in [1.29, 1.82) is 0 Å². The second-order valence-corrected chi connectivity index (χ2v) is 5.29. The molecule has 1 aromatic carbocycles. The molecule has 1 aliphatic rings. The molecular formula is C16H22N2O5. The lowest BCUT2D eigenvalue weighted by Gasteiger charge is -2.28. The van der Waals surface area contributed by atoms with E-state index in [4.69, 9.17) is 9.47 Å². The van der Waals surface area contributed by atoms with E-state index in [0.717, 1.165) is 6.54 Å². The van der Waals surface area contributed by atoms with E-state index in [2.05, 4.69) is 5.32 Å². The Morgan fingerprint density at radius 1 is 1.39 bits per heavy atom. The monoisotopic (exact) mass is 322 g/mol. The van der Waals surface area contributed by atoms with E-state index in [-0.39, 0.29) is 18.5 Å². The van der Waals surface area contributed by atoms with Crippen LogP contribution in [0.2, 0.25) is 0 Å². The van der Waals surface area contributed by atoms with E-state index in [1.54, 1.807) is 31.2 Å². The van der Waals surface area contributed by atoms with Gasteiger partial charge in [-0.3, -0.25) is 9.69 Å². The molecule has 1 unspecified atom stereocenters. The summed E-state index contributed by atoms with van der Waals surface area (Å²) < 4.78 is 10.4. The first-order chi connectivity index (χ1) is 11.1. The van der Waals surface area contributed by atoms with Crippen molar-refractivity contribution in [3.63, 3.8) is 0 Å². The highest BCUT2D eigenvalue weighted by Gasteiger charge is 2.19. The predicted molar refractivity (Wildman–Crippen MR) is 83.4 cm³/mol. The lowest BCUT2D eigenvalue weighted by atomic mass is 10.2. The summed E-state index contributed by atoms with van der Waals surface area (Å²) in [5.41, 5.74) is 0.457. The van der Waals surface area contributed by atoms with Crippen molar-refractivity contribution in [2.45, 2.75) is 13.0 Å². The molecule has 126 valence electrons. The van der Waals surface area contributed by atoms with Crippen LogP contribution in [0.25, 0.3) is 0 Å². The molecule has 1 saturated heterocycles. The van der Waals surface area contributed by atoms with Gasteiger partial charge in [-0.05, 0) is 31.2 Å². The molecule has 0 aliphatic carbocycles. The molecule has 0 radical (unpaired) electrons. The summed E-state index contributed by atoms with van der Waals surface area (Å²) in [6.07, 6.45) is -0.689. The third-order valence-electron chi connectivity index (χ3n) is 3.39. The topological polar surface area (TPSA) is 88.1 Å². The molecule has 0 aromatic heterocycles. The van der Waals surface area contributed by atoms with E-state index in [9.17, 15) is 14.7 Å². The molecule has 1 aromatic rings. The molecule has 23 heavy (non-hydrogen) atoms. The molecule has 1 atom stereocenters. The maximum atomic E-state index is 11.5. The maximum absolute atomic E-state index is 11.5. The van der Waals surface area contributed by atoms with Gasteiger partial charge in [-0.25, -0.2) is 4.79 Å². The van der Waals surface area contributed by atoms with Gasteiger partial charge in [0.1, 0.15) is 18.5 Å². The summed E-state index contributed by atoms with van der Waals surface area (Å²) in [4.78, 5) is 24.7. The lowest BCUT2D eigenvalue weighted by molar-refractivity contribution is -0.124. The molecule has 2 rings (SSSR count). The molecule has 7 nitrogen and oxygen atoms in total. The molecule has 1 amide bonds. The van der Waals surface area contributed by atoms with Crippen LogP contribution in [0.3, 0.4) is 0 Å². The largest absolute Gasteiger partial charge is 0.491 e. The highest BCUT2D eigenvalue weighted by molar-refractivity contribution is 5.89. The number of benzene rings is 1. The van der Waals surface area contributed by atoms with Crippen molar-refractivity contribution in [2.24, 2.45) is 0 Å². The Kier molecular flexibility index (Phi) is 6.37. The smallest absolute Gasteiger partial charge is 0.338 e. The quantitative estimate of drug-likeness (QED) is 0.689. The van der Waals surface area contributed by atoms with E-state index in [0.29, 0.717) is 37.6 Å². The summed E-state index contributed by atoms with van der Waals surface area (Å²) in [6.45, 7) is 4.20.